The number of benzene rings is 1. The second-order valence-corrected chi connectivity index (χ2v) is 3.51. The summed E-state index contributed by atoms with van der Waals surface area (Å²) in [6.07, 6.45) is 3.28. The van der Waals surface area contributed by atoms with Gasteiger partial charge in [-0.3, -0.25) is 4.79 Å². The van der Waals surface area contributed by atoms with Crippen LogP contribution in [0.1, 0.15) is 38.2 Å². The number of unbranched alkanes of at least 4 members (excludes halogenated alkanes) is 2. The Morgan fingerprint density at radius 3 is 2.06 bits per heavy atom. The predicted octanol–water partition coefficient (Wildman–Crippen LogP) is 2.73. The van der Waals surface area contributed by atoms with Crippen molar-refractivity contribution in [2.45, 2.75) is 39.5 Å². The van der Waals surface area contributed by atoms with Gasteiger partial charge in [0.05, 0.1) is 0 Å². The van der Waals surface area contributed by atoms with Crippen LogP contribution in [0.3, 0.4) is 0 Å². The number of carboxylic acid groups (broad SMARTS) is 1. The van der Waals surface area contributed by atoms with Crippen molar-refractivity contribution in [3.63, 3.8) is 0 Å². The van der Waals surface area contributed by atoms with Gasteiger partial charge in [-0.05, 0) is 13.3 Å². The second-order valence-electron chi connectivity index (χ2n) is 3.51. The van der Waals surface area contributed by atoms with E-state index in [1.807, 2.05) is 18.2 Å². The maximum atomic E-state index is 9.87. The Kier molecular flexibility index (Phi) is 15.5. The first kappa shape index (κ1) is 18.6. The molecule has 0 atom stereocenters. The molecule has 0 saturated heterocycles. The molecule has 0 aliphatic rings. The quantitative estimate of drug-likeness (QED) is 0.672. The molecule has 1 aromatic rings. The molecule has 0 amide bonds. The zero-order chi connectivity index (χ0) is 11.5. The van der Waals surface area contributed by atoms with Crippen LogP contribution in [-0.4, -0.2) is 60.0 Å². The fraction of sp³-hybridized carbons (Fsp3) is 0.462. The van der Waals surface area contributed by atoms with E-state index in [0.717, 1.165) is 19.3 Å². The molecule has 2 nitrogen and oxygen atoms in total. The Morgan fingerprint density at radius 2 is 1.75 bits per heavy atom. The number of aliphatic carboxylic acids is 1. The van der Waals surface area contributed by atoms with Crippen LogP contribution in [0.4, 0.5) is 0 Å². The van der Waals surface area contributed by atoms with E-state index in [9.17, 15) is 4.79 Å². The molecule has 88 valence electrons. The first-order chi connectivity index (χ1) is 7.16. The standard InChI is InChI=1S/C7H8.C6H12O2.Ba.2H/c1-7-5-3-2-4-6-7;1-2-3-4-5-6(7)8;;;/h2-6H,1H3;2-5H2,1H3,(H,7,8);;;. The van der Waals surface area contributed by atoms with Crippen LogP contribution < -0.4 is 0 Å². The molecule has 0 fully saturated rings. The van der Waals surface area contributed by atoms with Crippen molar-refractivity contribution in [3.05, 3.63) is 35.9 Å². The Labute approximate surface area is 139 Å². The van der Waals surface area contributed by atoms with E-state index in [2.05, 4.69) is 26.0 Å². The molecule has 1 rings (SSSR count). The van der Waals surface area contributed by atoms with Gasteiger partial charge in [0.25, 0.3) is 0 Å². The zero-order valence-electron chi connectivity index (χ0n) is 9.57. The average molecular weight is 348 g/mol. The fourth-order valence-electron chi connectivity index (χ4n) is 1.06. The van der Waals surface area contributed by atoms with E-state index in [4.69, 9.17) is 5.11 Å². The minimum absolute atomic E-state index is 0. The summed E-state index contributed by atoms with van der Waals surface area (Å²) in [6.45, 7) is 4.14. The maximum absolute atomic E-state index is 9.87. The molecule has 1 aromatic carbocycles. The Hall–Kier alpha value is 0.261. The average Bonchev–Trinajstić information content (AvgIpc) is 2.20. The van der Waals surface area contributed by atoms with Gasteiger partial charge in [0, 0.05) is 6.42 Å². The van der Waals surface area contributed by atoms with Gasteiger partial charge in [-0.15, -0.1) is 0 Å². The summed E-state index contributed by atoms with van der Waals surface area (Å²) < 4.78 is 0. The van der Waals surface area contributed by atoms with Crippen LogP contribution in [0.25, 0.3) is 0 Å². The molecule has 0 saturated carbocycles. The van der Waals surface area contributed by atoms with E-state index >= 15 is 0 Å². The van der Waals surface area contributed by atoms with Crippen LogP contribution in [-0.2, 0) is 4.79 Å². The third-order valence-corrected chi connectivity index (χ3v) is 1.93. The molecular weight excluding hydrogens is 325 g/mol. The van der Waals surface area contributed by atoms with Crippen LogP contribution in [0.2, 0.25) is 0 Å². The summed E-state index contributed by atoms with van der Waals surface area (Å²) in [4.78, 5) is 9.87. The van der Waals surface area contributed by atoms with Gasteiger partial charge in [0.2, 0.25) is 0 Å². The molecule has 16 heavy (non-hydrogen) atoms. The molecule has 0 aliphatic heterocycles. The first-order valence-corrected chi connectivity index (χ1v) is 5.40. The van der Waals surface area contributed by atoms with E-state index in [1.165, 1.54) is 5.56 Å². The minimum atomic E-state index is -0.682. The normalized spacial score (nSPS) is 8.38. The number of hydrogen-bond donors (Lipinski definition) is 1. The summed E-state index contributed by atoms with van der Waals surface area (Å²) in [5.41, 5.74) is 1.32. The second kappa shape index (κ2) is 13.3. The summed E-state index contributed by atoms with van der Waals surface area (Å²) in [5.74, 6) is -0.682. The van der Waals surface area contributed by atoms with E-state index < -0.39 is 5.97 Å². The third-order valence-electron chi connectivity index (χ3n) is 1.93. The van der Waals surface area contributed by atoms with Crippen LogP contribution >= 0.6 is 0 Å². The molecule has 0 aromatic heterocycles. The van der Waals surface area contributed by atoms with Crippen molar-refractivity contribution in [1.82, 2.24) is 0 Å². The molecule has 0 radical (unpaired) electrons. The fourth-order valence-corrected chi connectivity index (χ4v) is 1.06. The third kappa shape index (κ3) is 14.3. The molecule has 0 spiro atoms. The van der Waals surface area contributed by atoms with Crippen molar-refractivity contribution in [3.8, 4) is 0 Å². The van der Waals surface area contributed by atoms with Crippen LogP contribution in [0.5, 0.6) is 0 Å². The molecule has 0 heterocycles. The van der Waals surface area contributed by atoms with Gasteiger partial charge >= 0.3 is 54.9 Å². The van der Waals surface area contributed by atoms with Gasteiger partial charge in [0.1, 0.15) is 0 Å². The van der Waals surface area contributed by atoms with Gasteiger partial charge in [-0.25, -0.2) is 0 Å². The van der Waals surface area contributed by atoms with Crippen molar-refractivity contribution < 1.29 is 9.90 Å². The molecular formula is C13H22BaO2. The zero-order valence-corrected chi connectivity index (χ0v) is 9.57. The van der Waals surface area contributed by atoms with Gasteiger partial charge in [0.15, 0.2) is 0 Å². The van der Waals surface area contributed by atoms with Crippen molar-refractivity contribution in [1.29, 1.82) is 0 Å². The SMILES string of the molecule is CCCCCC(=O)O.Cc1ccccc1.[BaH2]. The first-order valence-electron chi connectivity index (χ1n) is 5.40. The van der Waals surface area contributed by atoms with Gasteiger partial charge in [-0.2, -0.15) is 0 Å². The summed E-state index contributed by atoms with van der Waals surface area (Å²) in [6, 6.07) is 10.3. The molecule has 1 N–H and O–H groups in total. The predicted molar refractivity (Wildman–Crippen MR) is 71.5 cm³/mol. The Morgan fingerprint density at radius 1 is 1.19 bits per heavy atom. The molecule has 3 heteroatoms. The summed E-state index contributed by atoms with van der Waals surface area (Å²) >= 11 is 0. The van der Waals surface area contributed by atoms with Crippen molar-refractivity contribution >= 4 is 54.9 Å². The monoisotopic (exact) mass is 348 g/mol. The number of carboxylic acids is 1. The number of rotatable bonds is 4. The van der Waals surface area contributed by atoms with Crippen molar-refractivity contribution in [2.75, 3.05) is 0 Å². The summed E-state index contributed by atoms with van der Waals surface area (Å²) in [7, 11) is 0. The van der Waals surface area contributed by atoms with E-state index in [0.29, 0.717) is 6.42 Å². The van der Waals surface area contributed by atoms with Gasteiger partial charge < -0.3 is 5.11 Å². The van der Waals surface area contributed by atoms with Crippen molar-refractivity contribution in [2.24, 2.45) is 0 Å². The summed E-state index contributed by atoms with van der Waals surface area (Å²) in [5, 5.41) is 8.14. The number of carbonyl (C=O) groups is 1. The van der Waals surface area contributed by atoms with Crippen LogP contribution in [0, 0.1) is 6.92 Å². The topological polar surface area (TPSA) is 37.3 Å². The Balaban J connectivity index is 0. The van der Waals surface area contributed by atoms with E-state index in [1.54, 1.807) is 0 Å². The van der Waals surface area contributed by atoms with Crippen LogP contribution in [0.15, 0.2) is 30.3 Å². The Bertz CT molecular complexity index is 260. The number of hydrogen-bond acceptors (Lipinski definition) is 1. The molecule has 0 unspecified atom stereocenters. The number of aryl methyl sites for hydroxylation is 1. The van der Waals surface area contributed by atoms with E-state index in [-0.39, 0.29) is 48.9 Å². The molecule has 0 aliphatic carbocycles. The van der Waals surface area contributed by atoms with Gasteiger partial charge in [-0.1, -0.05) is 55.7 Å². The molecule has 0 bridgehead atoms.